The molecule has 0 aliphatic heterocycles. The van der Waals surface area contributed by atoms with E-state index in [0.717, 1.165) is 42.9 Å². The Bertz CT molecular complexity index is 698. The summed E-state index contributed by atoms with van der Waals surface area (Å²) in [6.07, 6.45) is 10.9. The summed E-state index contributed by atoms with van der Waals surface area (Å²) in [4.78, 5) is 12.2. The molecule has 7 heteroatoms. The lowest BCUT2D eigenvalue weighted by atomic mass is 9.44. The molecule has 6 nitrogen and oxygen atoms in total. The van der Waals surface area contributed by atoms with Gasteiger partial charge in [-0.15, -0.1) is 0 Å². The van der Waals surface area contributed by atoms with Crippen molar-refractivity contribution in [1.82, 2.24) is 0 Å². The largest absolute Gasteiger partial charge is 0.394 e. The van der Waals surface area contributed by atoms with Gasteiger partial charge in [-0.25, -0.2) is 0 Å². The van der Waals surface area contributed by atoms with Crippen molar-refractivity contribution < 1.29 is 27.4 Å². The van der Waals surface area contributed by atoms with E-state index >= 15 is 0 Å². The molecule has 4 aliphatic carbocycles. The minimum Gasteiger partial charge on any atom is -0.393 e. The first-order valence-corrected chi connectivity index (χ1v) is 12.1. The molecule has 4 fully saturated rings. The number of carbonyl (C=O) groups excluding carboxylic acids is 1. The number of hydrogen-bond acceptors (Lipinski definition) is 4. The molecule has 4 aliphatic rings. The molecule has 0 aromatic heterocycles. The van der Waals surface area contributed by atoms with Gasteiger partial charge in [0.15, 0.2) is 0 Å². The van der Waals surface area contributed by atoms with E-state index in [0.29, 0.717) is 17.1 Å². The fraction of sp³-hybridized carbons (Fsp3) is 0.952. The summed E-state index contributed by atoms with van der Waals surface area (Å²) in [5.74, 6) is 3.97. The van der Waals surface area contributed by atoms with E-state index in [4.69, 9.17) is 17.5 Å². The molecule has 8 atom stereocenters. The molecule has 0 aromatic rings. The van der Waals surface area contributed by atoms with Gasteiger partial charge in [0.1, 0.15) is 5.78 Å². The Labute approximate surface area is 169 Å². The minimum absolute atomic E-state index is 0.0490. The second-order valence-electron chi connectivity index (χ2n) is 10.3. The number of ketones is 1. The van der Waals surface area contributed by atoms with E-state index in [-0.39, 0.29) is 11.5 Å². The lowest BCUT2D eigenvalue weighted by Crippen LogP contribution is -2.54. The predicted molar refractivity (Wildman–Crippen MR) is 106 cm³/mol. The fourth-order valence-corrected chi connectivity index (χ4v) is 7.90. The normalized spacial score (nSPS) is 47.8. The highest BCUT2D eigenvalue weighted by Crippen LogP contribution is 2.67. The molecular weight excluding hydrogens is 380 g/mol. The predicted octanol–water partition coefficient (Wildman–Crippen LogP) is 3.94. The minimum atomic E-state index is -4.67. The Hall–Kier alpha value is -0.500. The van der Waals surface area contributed by atoms with Crippen LogP contribution in [0.15, 0.2) is 0 Å². The van der Waals surface area contributed by atoms with Crippen molar-refractivity contribution in [3.05, 3.63) is 0 Å². The molecule has 4 rings (SSSR count). The average molecular weight is 417 g/mol. The molecule has 0 radical (unpaired) electrons. The van der Waals surface area contributed by atoms with Crippen molar-refractivity contribution in [2.45, 2.75) is 84.7 Å². The number of aliphatic hydroxyl groups is 1. The second kappa shape index (κ2) is 7.64. The lowest BCUT2D eigenvalue weighted by molar-refractivity contribution is -0.138. The molecule has 0 spiro atoms. The van der Waals surface area contributed by atoms with Crippen molar-refractivity contribution in [3.63, 3.8) is 0 Å². The summed E-state index contributed by atoms with van der Waals surface area (Å²) >= 11 is 0. The second-order valence-corrected chi connectivity index (χ2v) is 11.2. The van der Waals surface area contributed by atoms with E-state index in [1.54, 1.807) is 0 Å². The first kappa shape index (κ1) is 22.2. The topological polar surface area (TPSA) is 112 Å². The number of hydrogen-bond donors (Lipinski definition) is 3. The van der Waals surface area contributed by atoms with Crippen LogP contribution < -0.4 is 0 Å². The molecule has 3 N–H and O–H groups in total. The summed E-state index contributed by atoms with van der Waals surface area (Å²) in [5, 5.41) is 10.1. The lowest BCUT2D eigenvalue weighted by Gasteiger charge is -2.60. The maximum Gasteiger partial charge on any atom is 0.394 e. The SMILES string of the molecule is CC(=O)[C@H]1CC[C@H]2[C@@H]3CC[C@@H]4C[C@@H](O)CC[C@]4(C)[C@H]3CC[C@]12C.O=S(=O)(O)O. The van der Waals surface area contributed by atoms with Gasteiger partial charge in [0.05, 0.1) is 6.10 Å². The van der Waals surface area contributed by atoms with Crippen LogP contribution >= 0.6 is 0 Å². The van der Waals surface area contributed by atoms with Gasteiger partial charge in [-0.05, 0) is 99.2 Å². The Kier molecular flexibility index (Phi) is 6.05. The highest BCUT2D eigenvalue weighted by atomic mass is 32.3. The number of Topliss-reactive ketones (excluding diaryl/α,β-unsaturated/α-hetero) is 1. The highest BCUT2D eigenvalue weighted by Gasteiger charge is 2.60. The van der Waals surface area contributed by atoms with Crippen molar-refractivity contribution in [2.24, 2.45) is 40.4 Å². The zero-order valence-electron chi connectivity index (χ0n) is 17.3. The summed E-state index contributed by atoms with van der Waals surface area (Å²) < 4.78 is 31.6. The summed E-state index contributed by atoms with van der Waals surface area (Å²) in [6.45, 7) is 6.80. The zero-order valence-corrected chi connectivity index (χ0v) is 18.1. The molecule has 0 bridgehead atoms. The highest BCUT2D eigenvalue weighted by molar-refractivity contribution is 7.79. The van der Waals surface area contributed by atoms with E-state index in [2.05, 4.69) is 13.8 Å². The number of carbonyl (C=O) groups is 1. The molecule has 0 unspecified atom stereocenters. The fourth-order valence-electron chi connectivity index (χ4n) is 7.90. The average Bonchev–Trinajstić information content (AvgIpc) is 2.91. The number of fused-ring (bicyclic) bond motifs is 5. The third-order valence-corrected chi connectivity index (χ3v) is 9.13. The van der Waals surface area contributed by atoms with Crippen LogP contribution in [0.3, 0.4) is 0 Å². The molecular formula is C21H36O6S. The summed E-state index contributed by atoms with van der Waals surface area (Å²) in [5.41, 5.74) is 0.738. The van der Waals surface area contributed by atoms with Crippen molar-refractivity contribution >= 4 is 16.2 Å². The van der Waals surface area contributed by atoms with Crippen LogP contribution in [0, 0.1) is 40.4 Å². The van der Waals surface area contributed by atoms with Gasteiger partial charge in [-0.3, -0.25) is 13.9 Å². The van der Waals surface area contributed by atoms with Gasteiger partial charge in [-0.1, -0.05) is 13.8 Å². The summed E-state index contributed by atoms with van der Waals surface area (Å²) in [6, 6.07) is 0. The van der Waals surface area contributed by atoms with Crippen LogP contribution in [0.2, 0.25) is 0 Å². The smallest absolute Gasteiger partial charge is 0.393 e. The quantitative estimate of drug-likeness (QED) is 0.558. The Morgan fingerprint density at radius 1 is 0.893 bits per heavy atom. The first-order chi connectivity index (χ1) is 12.9. The maximum atomic E-state index is 12.2. The van der Waals surface area contributed by atoms with Crippen LogP contribution in [0.1, 0.15) is 78.6 Å². The number of rotatable bonds is 1. The third-order valence-electron chi connectivity index (χ3n) is 9.13. The van der Waals surface area contributed by atoms with Gasteiger partial charge in [-0.2, -0.15) is 8.42 Å². The number of aliphatic hydroxyl groups excluding tert-OH is 1. The monoisotopic (exact) mass is 416 g/mol. The van der Waals surface area contributed by atoms with Crippen LogP contribution in [-0.2, 0) is 15.2 Å². The standard InChI is InChI=1S/C21H34O2.H2O4S/c1-13(22)17-6-7-18-16-5-4-14-12-15(23)8-10-20(14,2)19(16)9-11-21(17,18)3;1-5(2,3)4/h14-19,23H,4-12H2,1-3H3;(H2,1,2,3,4)/t14-,15+,16+,17-,18+,19+,20+,21-;/m1./s1. The Morgan fingerprint density at radius 2 is 1.46 bits per heavy atom. The summed E-state index contributed by atoms with van der Waals surface area (Å²) in [7, 11) is -4.67. The van der Waals surface area contributed by atoms with Crippen LogP contribution in [0.25, 0.3) is 0 Å². The Balaban J connectivity index is 0.000000403. The maximum absolute atomic E-state index is 12.2. The van der Waals surface area contributed by atoms with Gasteiger partial charge < -0.3 is 5.11 Å². The van der Waals surface area contributed by atoms with Crippen molar-refractivity contribution in [3.8, 4) is 0 Å². The van der Waals surface area contributed by atoms with E-state index in [1.807, 2.05) is 6.92 Å². The molecule has 0 saturated heterocycles. The van der Waals surface area contributed by atoms with Crippen LogP contribution in [0.5, 0.6) is 0 Å². The zero-order chi connectivity index (χ0) is 20.9. The van der Waals surface area contributed by atoms with E-state index in [9.17, 15) is 9.90 Å². The molecule has 28 heavy (non-hydrogen) atoms. The van der Waals surface area contributed by atoms with E-state index in [1.165, 1.54) is 38.5 Å². The van der Waals surface area contributed by atoms with Gasteiger partial charge in [0.25, 0.3) is 0 Å². The first-order valence-electron chi connectivity index (χ1n) is 10.7. The van der Waals surface area contributed by atoms with Crippen molar-refractivity contribution in [2.75, 3.05) is 0 Å². The van der Waals surface area contributed by atoms with Crippen LogP contribution in [-0.4, -0.2) is 34.5 Å². The van der Waals surface area contributed by atoms with Gasteiger partial charge in [0, 0.05) is 5.92 Å². The van der Waals surface area contributed by atoms with Crippen LogP contribution in [0.4, 0.5) is 0 Å². The Morgan fingerprint density at radius 3 is 2.07 bits per heavy atom. The molecule has 0 heterocycles. The van der Waals surface area contributed by atoms with Gasteiger partial charge >= 0.3 is 10.4 Å². The van der Waals surface area contributed by atoms with E-state index < -0.39 is 10.4 Å². The van der Waals surface area contributed by atoms with Gasteiger partial charge in [0.2, 0.25) is 0 Å². The van der Waals surface area contributed by atoms with Crippen molar-refractivity contribution in [1.29, 1.82) is 0 Å². The molecule has 0 amide bonds. The molecule has 4 saturated carbocycles. The molecule has 162 valence electrons. The third kappa shape index (κ3) is 4.05. The molecule has 0 aromatic carbocycles.